The fourth-order valence-electron chi connectivity index (χ4n) is 1.40. The zero-order chi connectivity index (χ0) is 8.97. The lowest BCUT2D eigenvalue weighted by Gasteiger charge is -2.16. The number of nitrogens with one attached hydrogen (secondary N) is 1. The summed E-state index contributed by atoms with van der Waals surface area (Å²) in [6, 6.07) is 0.838. The predicted octanol–water partition coefficient (Wildman–Crippen LogP) is 1.80. The Morgan fingerprint density at radius 1 is 1.42 bits per heavy atom. The highest BCUT2D eigenvalue weighted by Crippen LogP contribution is 2.19. The molecule has 0 saturated heterocycles. The average molecular weight is 171 g/mol. The van der Waals surface area contributed by atoms with E-state index in [4.69, 9.17) is 4.74 Å². The van der Waals surface area contributed by atoms with Crippen LogP contribution in [0.1, 0.15) is 33.1 Å². The van der Waals surface area contributed by atoms with E-state index in [1.165, 1.54) is 12.8 Å². The molecule has 1 aliphatic carbocycles. The van der Waals surface area contributed by atoms with Crippen molar-refractivity contribution < 1.29 is 4.74 Å². The molecule has 0 bridgehead atoms. The summed E-state index contributed by atoms with van der Waals surface area (Å²) < 4.78 is 5.22. The summed E-state index contributed by atoms with van der Waals surface area (Å²) in [7, 11) is 1.78. The van der Waals surface area contributed by atoms with Crippen LogP contribution in [0.25, 0.3) is 0 Å². The molecule has 2 nitrogen and oxygen atoms in total. The Hall–Kier alpha value is -0.0800. The van der Waals surface area contributed by atoms with Crippen LogP contribution >= 0.6 is 0 Å². The molecule has 72 valence electrons. The molecule has 2 atom stereocenters. The molecule has 1 rings (SSSR count). The van der Waals surface area contributed by atoms with Crippen LogP contribution in [0, 0.1) is 5.92 Å². The van der Waals surface area contributed by atoms with Gasteiger partial charge in [0.1, 0.15) is 0 Å². The third-order valence-electron chi connectivity index (χ3n) is 2.47. The van der Waals surface area contributed by atoms with Crippen molar-refractivity contribution in [2.45, 2.75) is 45.3 Å². The number of hydrogen-bond donors (Lipinski definition) is 1. The number of hydrogen-bond acceptors (Lipinski definition) is 2. The van der Waals surface area contributed by atoms with Crippen molar-refractivity contribution >= 4 is 0 Å². The Morgan fingerprint density at radius 3 is 2.58 bits per heavy atom. The first kappa shape index (κ1) is 10.0. The SMILES string of the molecule is COC(C)CC(C)CNC1CC1. The molecule has 0 aromatic carbocycles. The number of ether oxygens (including phenoxy) is 1. The van der Waals surface area contributed by atoms with Gasteiger partial charge in [0.15, 0.2) is 0 Å². The predicted molar refractivity (Wildman–Crippen MR) is 51.3 cm³/mol. The van der Waals surface area contributed by atoms with Crippen LogP contribution in [0.2, 0.25) is 0 Å². The normalized spacial score (nSPS) is 22.2. The van der Waals surface area contributed by atoms with Gasteiger partial charge in [0.2, 0.25) is 0 Å². The highest BCUT2D eigenvalue weighted by atomic mass is 16.5. The Bertz CT molecular complexity index is 123. The maximum Gasteiger partial charge on any atom is 0.0546 e. The second-order valence-corrected chi connectivity index (χ2v) is 4.07. The lowest BCUT2D eigenvalue weighted by Crippen LogP contribution is -2.25. The van der Waals surface area contributed by atoms with E-state index in [-0.39, 0.29) is 0 Å². The standard InChI is InChI=1S/C10H21NO/c1-8(6-9(2)12-3)7-11-10-4-5-10/h8-11H,4-7H2,1-3H3. The lowest BCUT2D eigenvalue weighted by atomic mass is 10.0. The Morgan fingerprint density at radius 2 is 2.08 bits per heavy atom. The first-order valence-electron chi connectivity index (χ1n) is 4.98. The molecule has 1 N–H and O–H groups in total. The van der Waals surface area contributed by atoms with E-state index in [0.717, 1.165) is 24.9 Å². The highest BCUT2D eigenvalue weighted by molar-refractivity contribution is 4.81. The second-order valence-electron chi connectivity index (χ2n) is 4.07. The molecular formula is C10H21NO. The lowest BCUT2D eigenvalue weighted by molar-refractivity contribution is 0.0971. The maximum absolute atomic E-state index is 5.22. The average Bonchev–Trinajstić information content (AvgIpc) is 2.83. The molecule has 0 spiro atoms. The molecule has 1 aliphatic rings. The first-order chi connectivity index (χ1) is 5.72. The van der Waals surface area contributed by atoms with E-state index in [0.29, 0.717) is 6.10 Å². The van der Waals surface area contributed by atoms with Crippen LogP contribution in [-0.4, -0.2) is 25.8 Å². The van der Waals surface area contributed by atoms with Gasteiger partial charge in [0.05, 0.1) is 6.10 Å². The quantitative estimate of drug-likeness (QED) is 0.658. The second kappa shape index (κ2) is 4.83. The summed E-state index contributed by atoms with van der Waals surface area (Å²) in [6.07, 6.45) is 4.33. The van der Waals surface area contributed by atoms with Gasteiger partial charge < -0.3 is 10.1 Å². The molecule has 0 aromatic rings. The van der Waals surface area contributed by atoms with Crippen molar-refractivity contribution in [1.29, 1.82) is 0 Å². The van der Waals surface area contributed by atoms with Gasteiger partial charge in [-0.2, -0.15) is 0 Å². The van der Waals surface area contributed by atoms with Crippen molar-refractivity contribution in [3.8, 4) is 0 Å². The monoisotopic (exact) mass is 171 g/mol. The van der Waals surface area contributed by atoms with Crippen LogP contribution < -0.4 is 5.32 Å². The molecule has 0 aliphatic heterocycles. The highest BCUT2D eigenvalue weighted by Gasteiger charge is 2.21. The van der Waals surface area contributed by atoms with Gasteiger partial charge in [-0.1, -0.05) is 6.92 Å². The fraction of sp³-hybridized carbons (Fsp3) is 1.00. The molecule has 0 heterocycles. The van der Waals surface area contributed by atoms with Crippen LogP contribution in [0.15, 0.2) is 0 Å². The van der Waals surface area contributed by atoms with Crippen molar-refractivity contribution in [2.24, 2.45) is 5.92 Å². The Labute approximate surface area is 75.7 Å². The molecule has 1 fully saturated rings. The molecule has 2 unspecified atom stereocenters. The topological polar surface area (TPSA) is 21.3 Å². The van der Waals surface area contributed by atoms with E-state index in [2.05, 4.69) is 19.2 Å². The van der Waals surface area contributed by atoms with E-state index in [1.807, 2.05) is 0 Å². The number of rotatable bonds is 6. The molecule has 2 heteroatoms. The molecule has 0 radical (unpaired) electrons. The smallest absolute Gasteiger partial charge is 0.0546 e. The van der Waals surface area contributed by atoms with Gasteiger partial charge in [-0.15, -0.1) is 0 Å². The van der Waals surface area contributed by atoms with Gasteiger partial charge in [-0.05, 0) is 38.6 Å². The zero-order valence-corrected chi connectivity index (χ0v) is 8.47. The third-order valence-corrected chi connectivity index (χ3v) is 2.47. The largest absolute Gasteiger partial charge is 0.382 e. The van der Waals surface area contributed by atoms with E-state index < -0.39 is 0 Å². The first-order valence-corrected chi connectivity index (χ1v) is 4.98. The van der Waals surface area contributed by atoms with Crippen LogP contribution in [-0.2, 0) is 4.74 Å². The van der Waals surface area contributed by atoms with Gasteiger partial charge in [0, 0.05) is 13.2 Å². The van der Waals surface area contributed by atoms with Crippen molar-refractivity contribution in [2.75, 3.05) is 13.7 Å². The molecule has 1 saturated carbocycles. The van der Waals surface area contributed by atoms with Crippen molar-refractivity contribution in [1.82, 2.24) is 5.32 Å². The number of methoxy groups -OCH3 is 1. The molecule has 12 heavy (non-hydrogen) atoms. The zero-order valence-electron chi connectivity index (χ0n) is 8.47. The minimum atomic E-state index is 0.404. The summed E-state index contributed by atoms with van der Waals surface area (Å²) in [5, 5.41) is 3.53. The summed E-state index contributed by atoms with van der Waals surface area (Å²) >= 11 is 0. The molecule has 0 aromatic heterocycles. The summed E-state index contributed by atoms with van der Waals surface area (Å²) in [6.45, 7) is 5.57. The minimum Gasteiger partial charge on any atom is -0.382 e. The van der Waals surface area contributed by atoms with E-state index in [1.54, 1.807) is 7.11 Å². The van der Waals surface area contributed by atoms with E-state index >= 15 is 0 Å². The van der Waals surface area contributed by atoms with Crippen LogP contribution in [0.5, 0.6) is 0 Å². The third kappa shape index (κ3) is 4.07. The van der Waals surface area contributed by atoms with E-state index in [9.17, 15) is 0 Å². The minimum absolute atomic E-state index is 0.404. The van der Waals surface area contributed by atoms with Gasteiger partial charge in [-0.3, -0.25) is 0 Å². The van der Waals surface area contributed by atoms with Gasteiger partial charge in [0.25, 0.3) is 0 Å². The summed E-state index contributed by atoms with van der Waals surface area (Å²) in [4.78, 5) is 0. The van der Waals surface area contributed by atoms with Crippen LogP contribution in [0.3, 0.4) is 0 Å². The van der Waals surface area contributed by atoms with Crippen molar-refractivity contribution in [3.05, 3.63) is 0 Å². The Balaban J connectivity index is 1.97. The van der Waals surface area contributed by atoms with Gasteiger partial charge in [-0.25, -0.2) is 0 Å². The summed E-state index contributed by atoms with van der Waals surface area (Å²) in [5.41, 5.74) is 0. The van der Waals surface area contributed by atoms with Crippen LogP contribution in [0.4, 0.5) is 0 Å². The van der Waals surface area contributed by atoms with Gasteiger partial charge >= 0.3 is 0 Å². The fourth-order valence-corrected chi connectivity index (χ4v) is 1.40. The maximum atomic E-state index is 5.22. The summed E-state index contributed by atoms with van der Waals surface area (Å²) in [5.74, 6) is 0.737. The molecular weight excluding hydrogens is 150 g/mol. The van der Waals surface area contributed by atoms with Crippen molar-refractivity contribution in [3.63, 3.8) is 0 Å². The molecule has 0 amide bonds. The Kier molecular flexibility index (Phi) is 4.02.